The Hall–Kier alpha value is -3.09. The van der Waals surface area contributed by atoms with Gasteiger partial charge >= 0.3 is 0 Å². The van der Waals surface area contributed by atoms with Crippen molar-refractivity contribution in [1.82, 2.24) is 0 Å². The largest absolute Gasteiger partial charge is 0.493 e. The number of rotatable bonds is 6. The van der Waals surface area contributed by atoms with Crippen molar-refractivity contribution in [2.75, 3.05) is 19.5 Å². The van der Waals surface area contributed by atoms with Crippen LogP contribution < -0.4 is 14.8 Å². The highest BCUT2D eigenvalue weighted by atomic mass is 16.6. The molecule has 0 unspecified atom stereocenters. The zero-order valence-corrected chi connectivity index (χ0v) is 13.7. The standard InChI is InChI=1S/C17H18N2O5/c1-11-8-15(23-2)16(24-3)10-13(11)18-17(20)9-12-6-4-5-7-14(12)19(21)22/h4-8,10H,9H2,1-3H3,(H,18,20). The predicted octanol–water partition coefficient (Wildman–Crippen LogP) is 3.10. The number of aryl methyl sites for hydroxylation is 1. The molecule has 0 saturated carbocycles. The molecule has 1 amide bonds. The molecule has 126 valence electrons. The van der Waals surface area contributed by atoms with E-state index in [2.05, 4.69) is 5.32 Å². The second-order valence-corrected chi connectivity index (χ2v) is 5.13. The van der Waals surface area contributed by atoms with E-state index in [-0.39, 0.29) is 18.0 Å². The van der Waals surface area contributed by atoms with Crippen LogP contribution in [0.1, 0.15) is 11.1 Å². The number of para-hydroxylation sites is 1. The lowest BCUT2D eigenvalue weighted by Gasteiger charge is -2.13. The Morgan fingerprint density at radius 1 is 1.17 bits per heavy atom. The van der Waals surface area contributed by atoms with E-state index < -0.39 is 4.92 Å². The van der Waals surface area contributed by atoms with Crippen LogP contribution in [0.3, 0.4) is 0 Å². The molecule has 0 aliphatic heterocycles. The van der Waals surface area contributed by atoms with Crippen molar-refractivity contribution >= 4 is 17.3 Å². The van der Waals surface area contributed by atoms with E-state index in [0.717, 1.165) is 5.56 Å². The first kappa shape index (κ1) is 17.3. The van der Waals surface area contributed by atoms with Gasteiger partial charge in [-0.2, -0.15) is 0 Å². The molecule has 2 aromatic carbocycles. The average Bonchev–Trinajstić information content (AvgIpc) is 2.56. The zero-order valence-electron chi connectivity index (χ0n) is 13.7. The summed E-state index contributed by atoms with van der Waals surface area (Å²) >= 11 is 0. The number of amides is 1. The van der Waals surface area contributed by atoms with E-state index in [9.17, 15) is 14.9 Å². The van der Waals surface area contributed by atoms with Crippen molar-refractivity contribution in [3.8, 4) is 11.5 Å². The van der Waals surface area contributed by atoms with Gasteiger partial charge in [0.15, 0.2) is 11.5 Å². The van der Waals surface area contributed by atoms with Gasteiger partial charge in [0, 0.05) is 23.4 Å². The quantitative estimate of drug-likeness (QED) is 0.649. The van der Waals surface area contributed by atoms with Crippen molar-refractivity contribution in [1.29, 1.82) is 0 Å². The molecule has 1 N–H and O–H groups in total. The number of carbonyl (C=O) groups excluding carboxylic acids is 1. The lowest BCUT2D eigenvalue weighted by atomic mass is 10.1. The summed E-state index contributed by atoms with van der Waals surface area (Å²) in [5.41, 5.74) is 1.65. The Morgan fingerprint density at radius 2 is 1.79 bits per heavy atom. The Kier molecular flexibility index (Phi) is 5.36. The first-order valence-electron chi connectivity index (χ1n) is 7.21. The minimum atomic E-state index is -0.496. The lowest BCUT2D eigenvalue weighted by molar-refractivity contribution is -0.385. The molecule has 2 rings (SSSR count). The number of anilines is 1. The number of benzene rings is 2. The second-order valence-electron chi connectivity index (χ2n) is 5.13. The summed E-state index contributed by atoms with van der Waals surface area (Å²) in [6.45, 7) is 1.82. The molecule has 0 aromatic heterocycles. The first-order chi connectivity index (χ1) is 11.5. The van der Waals surface area contributed by atoms with E-state index in [1.165, 1.54) is 20.3 Å². The molecule has 24 heavy (non-hydrogen) atoms. The highest BCUT2D eigenvalue weighted by Crippen LogP contribution is 2.33. The van der Waals surface area contributed by atoms with Crippen LogP contribution in [0.15, 0.2) is 36.4 Å². The van der Waals surface area contributed by atoms with E-state index in [4.69, 9.17) is 9.47 Å². The van der Waals surface area contributed by atoms with E-state index >= 15 is 0 Å². The predicted molar refractivity (Wildman–Crippen MR) is 89.7 cm³/mol. The number of nitrogens with one attached hydrogen (secondary N) is 1. The number of hydrogen-bond acceptors (Lipinski definition) is 5. The Morgan fingerprint density at radius 3 is 2.42 bits per heavy atom. The maximum absolute atomic E-state index is 12.3. The Balaban J connectivity index is 2.20. The molecule has 0 heterocycles. The minimum absolute atomic E-state index is 0.0725. The second kappa shape index (κ2) is 7.45. The van der Waals surface area contributed by atoms with Gasteiger partial charge in [0.1, 0.15) is 0 Å². The molecular formula is C17H18N2O5. The van der Waals surface area contributed by atoms with Gasteiger partial charge in [-0.25, -0.2) is 0 Å². The summed E-state index contributed by atoms with van der Waals surface area (Å²) < 4.78 is 10.4. The van der Waals surface area contributed by atoms with Crippen LogP contribution in [0.4, 0.5) is 11.4 Å². The highest BCUT2D eigenvalue weighted by Gasteiger charge is 2.17. The van der Waals surface area contributed by atoms with Crippen molar-refractivity contribution in [3.05, 3.63) is 57.6 Å². The summed E-state index contributed by atoms with van der Waals surface area (Å²) in [7, 11) is 3.04. The topological polar surface area (TPSA) is 90.7 Å². The van der Waals surface area contributed by atoms with Crippen molar-refractivity contribution in [2.24, 2.45) is 0 Å². The van der Waals surface area contributed by atoms with Crippen molar-refractivity contribution in [3.63, 3.8) is 0 Å². The maximum atomic E-state index is 12.3. The summed E-state index contributed by atoms with van der Waals surface area (Å²) in [4.78, 5) is 22.8. The summed E-state index contributed by atoms with van der Waals surface area (Å²) in [5, 5.41) is 13.8. The molecule has 0 spiro atoms. The molecule has 7 nitrogen and oxygen atoms in total. The van der Waals surface area contributed by atoms with Crippen LogP contribution in [0.2, 0.25) is 0 Å². The number of ether oxygens (including phenoxy) is 2. The Bertz CT molecular complexity index is 774. The number of methoxy groups -OCH3 is 2. The molecule has 0 radical (unpaired) electrons. The summed E-state index contributed by atoms with van der Waals surface area (Å²) in [5.74, 6) is 0.704. The molecule has 7 heteroatoms. The van der Waals surface area contributed by atoms with Gasteiger partial charge in [-0.15, -0.1) is 0 Å². The molecule has 0 bridgehead atoms. The maximum Gasteiger partial charge on any atom is 0.273 e. The first-order valence-corrected chi connectivity index (χ1v) is 7.21. The minimum Gasteiger partial charge on any atom is -0.493 e. The number of hydrogen-bond donors (Lipinski definition) is 1. The number of nitrogens with zero attached hydrogens (tertiary/aromatic N) is 1. The van der Waals surface area contributed by atoms with Crippen LogP contribution in [0.5, 0.6) is 11.5 Å². The van der Waals surface area contributed by atoms with Gasteiger partial charge in [-0.3, -0.25) is 14.9 Å². The number of nitro benzene ring substituents is 1. The SMILES string of the molecule is COc1cc(C)c(NC(=O)Cc2ccccc2[N+](=O)[O-])cc1OC. The average molecular weight is 330 g/mol. The van der Waals surface area contributed by atoms with Gasteiger partial charge < -0.3 is 14.8 Å². The van der Waals surface area contributed by atoms with Crippen molar-refractivity contribution in [2.45, 2.75) is 13.3 Å². The summed E-state index contributed by atoms with van der Waals surface area (Å²) in [6, 6.07) is 9.59. The zero-order chi connectivity index (χ0) is 17.7. The fraction of sp³-hybridized carbons (Fsp3) is 0.235. The van der Waals surface area contributed by atoms with Crippen LogP contribution in [0, 0.1) is 17.0 Å². The fourth-order valence-corrected chi connectivity index (χ4v) is 2.32. The van der Waals surface area contributed by atoms with Crippen LogP contribution in [0.25, 0.3) is 0 Å². The van der Waals surface area contributed by atoms with Crippen LogP contribution in [-0.2, 0) is 11.2 Å². The Labute approximate surface area is 139 Å². The van der Waals surface area contributed by atoms with E-state index in [1.807, 2.05) is 6.92 Å². The molecule has 0 saturated heterocycles. The van der Waals surface area contributed by atoms with Crippen molar-refractivity contribution < 1.29 is 19.2 Å². The fourth-order valence-electron chi connectivity index (χ4n) is 2.32. The van der Waals surface area contributed by atoms with Gasteiger partial charge in [0.25, 0.3) is 5.69 Å². The lowest BCUT2D eigenvalue weighted by Crippen LogP contribution is -2.16. The number of nitro groups is 1. The third kappa shape index (κ3) is 3.81. The highest BCUT2D eigenvalue weighted by molar-refractivity contribution is 5.94. The molecule has 0 atom stereocenters. The third-order valence-electron chi connectivity index (χ3n) is 3.54. The monoisotopic (exact) mass is 330 g/mol. The molecule has 0 fully saturated rings. The van der Waals surface area contributed by atoms with Crippen LogP contribution >= 0.6 is 0 Å². The van der Waals surface area contributed by atoms with E-state index in [0.29, 0.717) is 22.7 Å². The van der Waals surface area contributed by atoms with Gasteiger partial charge in [-0.05, 0) is 18.6 Å². The molecule has 2 aromatic rings. The van der Waals surface area contributed by atoms with Gasteiger partial charge in [0.05, 0.1) is 25.6 Å². The van der Waals surface area contributed by atoms with Crippen LogP contribution in [-0.4, -0.2) is 25.1 Å². The van der Waals surface area contributed by atoms with E-state index in [1.54, 1.807) is 30.3 Å². The number of carbonyl (C=O) groups is 1. The molecule has 0 aliphatic rings. The smallest absolute Gasteiger partial charge is 0.273 e. The van der Waals surface area contributed by atoms with Gasteiger partial charge in [0.2, 0.25) is 5.91 Å². The molecular weight excluding hydrogens is 312 g/mol. The summed E-state index contributed by atoms with van der Waals surface area (Å²) in [6.07, 6.45) is -0.0923. The van der Waals surface area contributed by atoms with Gasteiger partial charge in [-0.1, -0.05) is 18.2 Å². The molecule has 0 aliphatic carbocycles. The third-order valence-corrected chi connectivity index (χ3v) is 3.54. The normalized spacial score (nSPS) is 10.1.